The summed E-state index contributed by atoms with van der Waals surface area (Å²) in [5.41, 5.74) is 0.109. The summed E-state index contributed by atoms with van der Waals surface area (Å²) in [5.74, 6) is -1.09. The quantitative estimate of drug-likeness (QED) is 0.539. The summed E-state index contributed by atoms with van der Waals surface area (Å²) in [6.45, 7) is 2.57. The van der Waals surface area contributed by atoms with Gasteiger partial charge in [0.2, 0.25) is 0 Å². The van der Waals surface area contributed by atoms with Gasteiger partial charge in [-0.1, -0.05) is 0 Å². The molecule has 0 N–H and O–H groups in total. The van der Waals surface area contributed by atoms with Crippen molar-refractivity contribution in [1.82, 2.24) is 0 Å². The van der Waals surface area contributed by atoms with Gasteiger partial charge < -0.3 is 9.47 Å². The Morgan fingerprint density at radius 2 is 1.09 bits per heavy atom. The Morgan fingerprint density at radius 1 is 0.773 bits per heavy atom. The van der Waals surface area contributed by atoms with Crippen molar-refractivity contribution < 1.29 is 28.7 Å². The van der Waals surface area contributed by atoms with Gasteiger partial charge in [-0.05, 0) is 26.0 Å². The molecular formula is C16H18O6. The van der Waals surface area contributed by atoms with Crippen LogP contribution in [-0.4, -0.2) is 37.4 Å². The van der Waals surface area contributed by atoms with Gasteiger partial charge in [0.25, 0.3) is 0 Å². The monoisotopic (exact) mass is 306 g/mol. The Hall–Kier alpha value is -2.50. The van der Waals surface area contributed by atoms with Gasteiger partial charge in [-0.2, -0.15) is 0 Å². The first-order valence-electron chi connectivity index (χ1n) is 6.61. The minimum atomic E-state index is -0.500. The van der Waals surface area contributed by atoms with Crippen molar-refractivity contribution in [1.29, 1.82) is 0 Å². The number of Topliss-reactive ketones (excluding diaryl/α,β-unsaturated/α-hetero) is 4. The molecule has 0 unspecified atom stereocenters. The van der Waals surface area contributed by atoms with E-state index in [1.54, 1.807) is 0 Å². The van der Waals surface area contributed by atoms with E-state index in [1.807, 2.05) is 0 Å². The van der Waals surface area contributed by atoms with Crippen molar-refractivity contribution in [2.24, 2.45) is 0 Å². The Bertz CT molecular complexity index is 575. The maximum Gasteiger partial charge on any atom is 0.171 e. The fourth-order valence-corrected chi connectivity index (χ4v) is 1.98. The highest BCUT2D eigenvalue weighted by molar-refractivity contribution is 6.17. The number of benzene rings is 1. The summed E-state index contributed by atoms with van der Waals surface area (Å²) in [6, 6.07) is 2.72. The SMILES string of the molecule is COc1cc(C(=O)CC(C)=O)c(C(=O)CC(C)=O)cc1OC. The molecule has 0 atom stereocenters. The van der Waals surface area contributed by atoms with Crippen LogP contribution in [0.25, 0.3) is 0 Å². The third-order valence-corrected chi connectivity index (χ3v) is 2.94. The highest BCUT2D eigenvalue weighted by Gasteiger charge is 2.22. The second-order valence-electron chi connectivity index (χ2n) is 4.86. The van der Waals surface area contributed by atoms with Crippen molar-refractivity contribution >= 4 is 23.1 Å². The lowest BCUT2D eigenvalue weighted by Crippen LogP contribution is -2.14. The predicted octanol–water partition coefficient (Wildman–Crippen LogP) is 2.03. The molecule has 0 heterocycles. The smallest absolute Gasteiger partial charge is 0.171 e. The molecule has 0 spiro atoms. The molecule has 6 heteroatoms. The zero-order valence-corrected chi connectivity index (χ0v) is 13.0. The summed E-state index contributed by atoms with van der Waals surface area (Å²) in [7, 11) is 2.79. The fourth-order valence-electron chi connectivity index (χ4n) is 1.98. The number of carbonyl (C=O) groups excluding carboxylic acids is 4. The van der Waals surface area contributed by atoms with Crippen LogP contribution in [0.2, 0.25) is 0 Å². The molecule has 0 aliphatic rings. The molecule has 0 saturated heterocycles. The molecular weight excluding hydrogens is 288 g/mol. The predicted molar refractivity (Wildman–Crippen MR) is 78.8 cm³/mol. The standard InChI is InChI=1S/C16H18O6/c1-9(17)5-13(19)11-7-15(21-3)16(22-4)8-12(11)14(20)6-10(2)18/h7-8H,5-6H2,1-4H3. The molecule has 0 radical (unpaired) electrons. The molecule has 0 aromatic heterocycles. The largest absolute Gasteiger partial charge is 0.493 e. The van der Waals surface area contributed by atoms with E-state index in [0.717, 1.165) is 0 Å². The zero-order chi connectivity index (χ0) is 16.9. The average molecular weight is 306 g/mol. The number of rotatable bonds is 8. The number of carbonyl (C=O) groups is 4. The maximum atomic E-state index is 12.2. The van der Waals surface area contributed by atoms with E-state index in [9.17, 15) is 19.2 Å². The number of hydrogen-bond donors (Lipinski definition) is 0. The third-order valence-electron chi connectivity index (χ3n) is 2.94. The first kappa shape index (κ1) is 17.6. The van der Waals surface area contributed by atoms with Crippen LogP contribution in [0.3, 0.4) is 0 Å². The minimum absolute atomic E-state index is 0.0547. The van der Waals surface area contributed by atoms with Crippen molar-refractivity contribution in [2.75, 3.05) is 14.2 Å². The highest BCUT2D eigenvalue weighted by atomic mass is 16.5. The van der Waals surface area contributed by atoms with E-state index in [4.69, 9.17) is 9.47 Å². The van der Waals surface area contributed by atoms with Crippen LogP contribution in [0, 0.1) is 0 Å². The van der Waals surface area contributed by atoms with Gasteiger partial charge in [-0.25, -0.2) is 0 Å². The van der Waals surface area contributed by atoms with Gasteiger partial charge in [0.15, 0.2) is 23.1 Å². The van der Waals surface area contributed by atoms with Gasteiger partial charge in [-0.3, -0.25) is 19.2 Å². The van der Waals surface area contributed by atoms with E-state index in [-0.39, 0.29) is 47.0 Å². The molecule has 0 amide bonds. The van der Waals surface area contributed by atoms with Crippen LogP contribution >= 0.6 is 0 Å². The van der Waals surface area contributed by atoms with Crippen LogP contribution in [0.1, 0.15) is 47.4 Å². The lowest BCUT2D eigenvalue weighted by atomic mass is 9.95. The van der Waals surface area contributed by atoms with Crippen LogP contribution in [0.4, 0.5) is 0 Å². The Balaban J connectivity index is 3.42. The number of hydrogen-bond acceptors (Lipinski definition) is 6. The van der Waals surface area contributed by atoms with E-state index >= 15 is 0 Å². The first-order valence-corrected chi connectivity index (χ1v) is 6.61. The van der Waals surface area contributed by atoms with Crippen LogP contribution in [0.15, 0.2) is 12.1 Å². The second kappa shape index (κ2) is 7.49. The van der Waals surface area contributed by atoms with Gasteiger partial charge in [0.05, 0.1) is 27.1 Å². The average Bonchev–Trinajstić information content (AvgIpc) is 2.44. The molecule has 118 valence electrons. The molecule has 0 aliphatic carbocycles. The number of ketones is 4. The van der Waals surface area contributed by atoms with E-state index in [1.165, 1.54) is 40.2 Å². The zero-order valence-electron chi connectivity index (χ0n) is 13.0. The van der Waals surface area contributed by atoms with Gasteiger partial charge in [0.1, 0.15) is 11.6 Å². The van der Waals surface area contributed by atoms with Crippen LogP contribution < -0.4 is 9.47 Å². The lowest BCUT2D eigenvalue weighted by Gasteiger charge is -2.13. The molecule has 0 saturated carbocycles. The molecule has 1 aromatic rings. The van der Waals surface area contributed by atoms with E-state index in [2.05, 4.69) is 0 Å². The summed E-state index contributed by atoms with van der Waals surface area (Å²) < 4.78 is 10.2. The maximum absolute atomic E-state index is 12.2. The van der Waals surface area contributed by atoms with Crippen molar-refractivity contribution in [3.63, 3.8) is 0 Å². The summed E-state index contributed by atoms with van der Waals surface area (Å²) in [5, 5.41) is 0. The fraction of sp³-hybridized carbons (Fsp3) is 0.375. The molecule has 0 bridgehead atoms. The third kappa shape index (κ3) is 4.25. The molecule has 1 rings (SSSR count). The van der Waals surface area contributed by atoms with Crippen molar-refractivity contribution in [2.45, 2.75) is 26.7 Å². The summed E-state index contributed by atoms with van der Waals surface area (Å²) in [4.78, 5) is 46.7. The van der Waals surface area contributed by atoms with E-state index < -0.39 is 11.6 Å². The molecule has 1 aromatic carbocycles. The topological polar surface area (TPSA) is 86.7 Å². The lowest BCUT2D eigenvalue weighted by molar-refractivity contribution is -0.117. The first-order chi connectivity index (χ1) is 10.3. The minimum Gasteiger partial charge on any atom is -0.493 e. The molecule has 0 aliphatic heterocycles. The van der Waals surface area contributed by atoms with Crippen LogP contribution in [0.5, 0.6) is 11.5 Å². The summed E-state index contributed by atoms with van der Waals surface area (Å²) >= 11 is 0. The van der Waals surface area contributed by atoms with Crippen LogP contribution in [-0.2, 0) is 9.59 Å². The second-order valence-corrected chi connectivity index (χ2v) is 4.86. The Kier molecular flexibility index (Phi) is 5.98. The Morgan fingerprint density at radius 3 is 1.32 bits per heavy atom. The molecule has 0 fully saturated rings. The van der Waals surface area contributed by atoms with Crippen molar-refractivity contribution in [3.05, 3.63) is 23.3 Å². The molecule has 6 nitrogen and oxygen atoms in total. The summed E-state index contributed by atoms with van der Waals surface area (Å²) in [6.07, 6.45) is -0.647. The molecule has 22 heavy (non-hydrogen) atoms. The highest BCUT2D eigenvalue weighted by Crippen LogP contribution is 2.32. The van der Waals surface area contributed by atoms with E-state index in [0.29, 0.717) is 0 Å². The normalized spacial score (nSPS) is 10.0. The Labute approximate surface area is 128 Å². The van der Waals surface area contributed by atoms with Gasteiger partial charge in [-0.15, -0.1) is 0 Å². The van der Waals surface area contributed by atoms with Crippen molar-refractivity contribution in [3.8, 4) is 11.5 Å². The number of ether oxygens (including phenoxy) is 2. The number of methoxy groups -OCH3 is 2. The van der Waals surface area contributed by atoms with Gasteiger partial charge >= 0.3 is 0 Å². The van der Waals surface area contributed by atoms with Gasteiger partial charge in [0, 0.05) is 11.1 Å².